The van der Waals surface area contributed by atoms with Crippen molar-refractivity contribution in [3.05, 3.63) is 53.8 Å². The van der Waals surface area contributed by atoms with Crippen molar-refractivity contribution in [3.8, 4) is 0 Å². The average molecular weight is 306 g/mol. The summed E-state index contributed by atoms with van der Waals surface area (Å²) in [4.78, 5) is 12.2. The second kappa shape index (κ2) is 6.49. The van der Waals surface area contributed by atoms with Crippen molar-refractivity contribution in [3.63, 3.8) is 0 Å². The number of carbonyl (C=O) groups excluding carboxylic acids is 1. The number of halogens is 1. The van der Waals surface area contributed by atoms with Crippen LogP contribution in [0.5, 0.6) is 0 Å². The molecule has 0 aliphatic heterocycles. The number of nitrogens with one attached hydrogen (secondary N) is 1. The van der Waals surface area contributed by atoms with Gasteiger partial charge in [-0.05, 0) is 36.8 Å². The van der Waals surface area contributed by atoms with Gasteiger partial charge in [-0.25, -0.2) is 4.39 Å². The second-order valence-electron chi connectivity index (χ2n) is 4.54. The van der Waals surface area contributed by atoms with Crippen LogP contribution >= 0.6 is 0 Å². The van der Waals surface area contributed by atoms with Crippen LogP contribution < -0.4 is 11.1 Å². The normalized spacial score (nSPS) is 11.9. The smallest absolute Gasteiger partial charge is 0.237 e. The molecular formula is C15H15FN2O2S. The highest BCUT2D eigenvalue weighted by atomic mass is 32.2. The number of carbonyl (C=O) groups is 1. The van der Waals surface area contributed by atoms with Crippen molar-refractivity contribution in [2.75, 3.05) is 16.8 Å². The van der Waals surface area contributed by atoms with Crippen molar-refractivity contribution >= 4 is 28.1 Å². The molecule has 0 aromatic heterocycles. The van der Waals surface area contributed by atoms with Crippen LogP contribution in [-0.2, 0) is 15.6 Å². The highest BCUT2D eigenvalue weighted by molar-refractivity contribution is 7.86. The van der Waals surface area contributed by atoms with E-state index in [0.717, 1.165) is 11.6 Å². The fraction of sp³-hybridized carbons (Fsp3) is 0.133. The SMILES string of the molecule is Cc1ccccc1NC(=O)CS(=O)c1ccc(F)cc1N. The lowest BCUT2D eigenvalue weighted by Gasteiger charge is -2.09. The van der Waals surface area contributed by atoms with Gasteiger partial charge in [0.05, 0.1) is 21.4 Å². The third kappa shape index (κ3) is 3.88. The van der Waals surface area contributed by atoms with Gasteiger partial charge < -0.3 is 11.1 Å². The van der Waals surface area contributed by atoms with Crippen LogP contribution in [0.4, 0.5) is 15.8 Å². The quantitative estimate of drug-likeness (QED) is 0.852. The maximum Gasteiger partial charge on any atom is 0.237 e. The molecular weight excluding hydrogens is 291 g/mol. The summed E-state index contributed by atoms with van der Waals surface area (Å²) >= 11 is 0. The van der Waals surface area contributed by atoms with Gasteiger partial charge in [0.1, 0.15) is 11.6 Å². The van der Waals surface area contributed by atoms with Crippen LogP contribution in [0, 0.1) is 12.7 Å². The number of aryl methyl sites for hydroxylation is 1. The van der Waals surface area contributed by atoms with Crippen LogP contribution in [0.15, 0.2) is 47.4 Å². The summed E-state index contributed by atoms with van der Waals surface area (Å²) in [5.74, 6) is -1.12. The third-order valence-corrected chi connectivity index (χ3v) is 4.29. The molecule has 0 saturated carbocycles. The van der Waals surface area contributed by atoms with Gasteiger partial charge in [-0.2, -0.15) is 0 Å². The molecule has 4 nitrogen and oxygen atoms in total. The Bertz CT molecular complexity index is 704. The summed E-state index contributed by atoms with van der Waals surface area (Å²) in [6, 6.07) is 10.9. The van der Waals surface area contributed by atoms with E-state index in [2.05, 4.69) is 5.32 Å². The van der Waals surface area contributed by atoms with Crippen molar-refractivity contribution in [1.82, 2.24) is 0 Å². The zero-order valence-electron chi connectivity index (χ0n) is 11.4. The molecule has 0 fully saturated rings. The molecule has 21 heavy (non-hydrogen) atoms. The van der Waals surface area contributed by atoms with E-state index in [-0.39, 0.29) is 22.2 Å². The fourth-order valence-electron chi connectivity index (χ4n) is 1.82. The molecule has 2 aromatic rings. The van der Waals surface area contributed by atoms with E-state index in [1.54, 1.807) is 12.1 Å². The van der Waals surface area contributed by atoms with Crippen molar-refractivity contribution in [2.45, 2.75) is 11.8 Å². The van der Waals surface area contributed by atoms with Gasteiger partial charge in [0, 0.05) is 5.69 Å². The summed E-state index contributed by atoms with van der Waals surface area (Å²) in [6.45, 7) is 1.87. The van der Waals surface area contributed by atoms with E-state index in [1.165, 1.54) is 12.1 Å². The predicted molar refractivity (Wildman–Crippen MR) is 81.9 cm³/mol. The minimum absolute atomic E-state index is 0.0806. The zero-order valence-corrected chi connectivity index (χ0v) is 12.2. The largest absolute Gasteiger partial charge is 0.398 e. The molecule has 0 spiro atoms. The fourth-order valence-corrected chi connectivity index (χ4v) is 2.83. The van der Waals surface area contributed by atoms with E-state index in [1.807, 2.05) is 19.1 Å². The molecule has 0 aliphatic rings. The van der Waals surface area contributed by atoms with Crippen LogP contribution in [-0.4, -0.2) is 15.9 Å². The number of anilines is 2. The predicted octanol–water partition coefficient (Wildman–Crippen LogP) is 2.46. The Hall–Kier alpha value is -2.21. The van der Waals surface area contributed by atoms with Crippen molar-refractivity contribution < 1.29 is 13.4 Å². The average Bonchev–Trinajstić information content (AvgIpc) is 2.41. The molecule has 2 rings (SSSR count). The molecule has 1 atom stereocenters. The topological polar surface area (TPSA) is 72.2 Å². The first-order valence-corrected chi connectivity index (χ1v) is 7.58. The Morgan fingerprint density at radius 1 is 1.29 bits per heavy atom. The number of rotatable bonds is 4. The standard InChI is InChI=1S/C15H15FN2O2S/c1-10-4-2-3-5-13(10)18-15(19)9-21(20)14-7-6-11(16)8-12(14)17/h2-8H,9,17H2,1H3,(H,18,19). The Morgan fingerprint density at radius 2 is 2.00 bits per heavy atom. The third-order valence-electron chi connectivity index (χ3n) is 2.90. The van der Waals surface area contributed by atoms with Crippen molar-refractivity contribution in [2.24, 2.45) is 0 Å². The van der Waals surface area contributed by atoms with Gasteiger partial charge in [0.2, 0.25) is 5.91 Å². The van der Waals surface area contributed by atoms with Gasteiger partial charge in [-0.15, -0.1) is 0 Å². The van der Waals surface area contributed by atoms with E-state index in [4.69, 9.17) is 5.73 Å². The lowest BCUT2D eigenvalue weighted by Crippen LogP contribution is -2.20. The molecule has 0 heterocycles. The Kier molecular flexibility index (Phi) is 4.70. The van der Waals surface area contributed by atoms with Gasteiger partial charge in [0.25, 0.3) is 0 Å². The first-order chi connectivity index (χ1) is 9.97. The summed E-state index contributed by atoms with van der Waals surface area (Å²) in [5.41, 5.74) is 7.28. The Morgan fingerprint density at radius 3 is 2.67 bits per heavy atom. The highest BCUT2D eigenvalue weighted by Gasteiger charge is 2.14. The lowest BCUT2D eigenvalue weighted by molar-refractivity contribution is -0.113. The maximum absolute atomic E-state index is 12.9. The van der Waals surface area contributed by atoms with Crippen LogP contribution in [0.25, 0.3) is 0 Å². The van der Waals surface area contributed by atoms with Gasteiger partial charge in [-0.3, -0.25) is 9.00 Å². The van der Waals surface area contributed by atoms with Gasteiger partial charge in [-0.1, -0.05) is 18.2 Å². The van der Waals surface area contributed by atoms with Crippen LogP contribution in [0.1, 0.15) is 5.56 Å². The van der Waals surface area contributed by atoms with Gasteiger partial charge >= 0.3 is 0 Å². The summed E-state index contributed by atoms with van der Waals surface area (Å²) in [7, 11) is -1.62. The van der Waals surface area contributed by atoms with Crippen LogP contribution in [0.2, 0.25) is 0 Å². The summed E-state index contributed by atoms with van der Waals surface area (Å²) in [5, 5.41) is 2.69. The van der Waals surface area contributed by atoms with E-state index < -0.39 is 16.6 Å². The highest BCUT2D eigenvalue weighted by Crippen LogP contribution is 2.18. The van der Waals surface area contributed by atoms with Crippen molar-refractivity contribution in [1.29, 1.82) is 0 Å². The Balaban J connectivity index is 2.06. The number of nitrogens with two attached hydrogens (primary N) is 1. The molecule has 2 aromatic carbocycles. The van der Waals surface area contributed by atoms with E-state index in [9.17, 15) is 13.4 Å². The minimum Gasteiger partial charge on any atom is -0.398 e. The lowest BCUT2D eigenvalue weighted by atomic mass is 10.2. The molecule has 110 valence electrons. The maximum atomic E-state index is 12.9. The number of hydrogen-bond donors (Lipinski definition) is 2. The number of nitrogen functional groups attached to an aromatic ring is 1. The molecule has 0 saturated heterocycles. The van der Waals surface area contributed by atoms with E-state index in [0.29, 0.717) is 5.69 Å². The van der Waals surface area contributed by atoms with Crippen LogP contribution in [0.3, 0.4) is 0 Å². The monoisotopic (exact) mass is 306 g/mol. The first kappa shape index (κ1) is 15.2. The number of amides is 1. The molecule has 1 unspecified atom stereocenters. The Labute approximate surface area is 124 Å². The molecule has 0 aliphatic carbocycles. The number of benzene rings is 2. The number of para-hydroxylation sites is 1. The minimum atomic E-state index is -1.62. The number of hydrogen-bond acceptors (Lipinski definition) is 3. The molecule has 3 N–H and O–H groups in total. The van der Waals surface area contributed by atoms with Gasteiger partial charge in [0.15, 0.2) is 0 Å². The zero-order chi connectivity index (χ0) is 15.4. The summed E-state index contributed by atoms with van der Waals surface area (Å²) < 4.78 is 25.1. The molecule has 0 bridgehead atoms. The molecule has 6 heteroatoms. The first-order valence-electron chi connectivity index (χ1n) is 6.26. The summed E-state index contributed by atoms with van der Waals surface area (Å²) in [6.07, 6.45) is 0. The van der Waals surface area contributed by atoms with E-state index >= 15 is 0 Å². The molecule has 0 radical (unpaired) electrons. The molecule has 1 amide bonds. The second-order valence-corrected chi connectivity index (χ2v) is 5.95.